The van der Waals surface area contributed by atoms with Crippen LogP contribution in [0, 0.1) is 34.5 Å². The van der Waals surface area contributed by atoms with E-state index in [2.05, 4.69) is 19.9 Å². The Morgan fingerprint density at radius 1 is 1.12 bits per heavy atom. The first kappa shape index (κ1) is 16.5. The molecule has 0 aliphatic heterocycles. The van der Waals surface area contributed by atoms with E-state index >= 15 is 0 Å². The molecule has 3 heteroatoms. The minimum Gasteiger partial charge on any atom is -0.381 e. The number of hydrogen-bond donors (Lipinski definition) is 1. The molecule has 0 bridgehead atoms. The van der Waals surface area contributed by atoms with E-state index < -0.39 is 5.60 Å². The topological polar surface area (TPSA) is 54.4 Å². The minimum atomic E-state index is -1.17. The molecule has 4 aliphatic carbocycles. The lowest BCUT2D eigenvalue weighted by Crippen LogP contribution is -2.65. The smallest absolute Gasteiger partial charge is 0.165 e. The van der Waals surface area contributed by atoms with Crippen molar-refractivity contribution in [3.63, 3.8) is 0 Å². The molecule has 3 saturated carbocycles. The van der Waals surface area contributed by atoms with Crippen LogP contribution in [0.15, 0.2) is 12.2 Å². The molecule has 3 nitrogen and oxygen atoms in total. The molecule has 132 valence electrons. The SMILES string of the molecule is CC(=O)[C@H]1CC[C@H]2[C@@H]3CC(=O)[C@@]4(O)CC=CC[C@]4(C)[C@H]3CC[C@]12C. The van der Waals surface area contributed by atoms with E-state index in [4.69, 9.17) is 0 Å². The lowest BCUT2D eigenvalue weighted by molar-refractivity contribution is -0.192. The van der Waals surface area contributed by atoms with Gasteiger partial charge in [-0.05, 0) is 62.2 Å². The molecule has 0 unspecified atom stereocenters. The normalized spacial score (nSPS) is 53.2. The van der Waals surface area contributed by atoms with Crippen LogP contribution in [0.25, 0.3) is 0 Å². The average Bonchev–Trinajstić information content (AvgIpc) is 2.87. The Balaban J connectivity index is 1.73. The maximum atomic E-state index is 13.0. The zero-order chi connectivity index (χ0) is 17.3. The van der Waals surface area contributed by atoms with Crippen LogP contribution in [0.5, 0.6) is 0 Å². The zero-order valence-electron chi connectivity index (χ0n) is 15.2. The van der Waals surface area contributed by atoms with Crippen molar-refractivity contribution >= 4 is 11.6 Å². The second-order valence-corrected chi connectivity index (χ2v) is 9.45. The summed E-state index contributed by atoms with van der Waals surface area (Å²) in [6.45, 7) is 6.18. The fourth-order valence-corrected chi connectivity index (χ4v) is 7.29. The van der Waals surface area contributed by atoms with E-state index in [1.165, 1.54) is 0 Å². The Bertz CT molecular complexity index is 623. The van der Waals surface area contributed by atoms with Gasteiger partial charge in [-0.15, -0.1) is 0 Å². The molecule has 0 aromatic heterocycles. The van der Waals surface area contributed by atoms with Crippen LogP contribution in [-0.4, -0.2) is 22.3 Å². The lowest BCUT2D eigenvalue weighted by Gasteiger charge is -2.61. The van der Waals surface area contributed by atoms with Gasteiger partial charge in [-0.2, -0.15) is 0 Å². The fraction of sp³-hybridized carbons (Fsp3) is 0.810. The number of carbonyl (C=O) groups excluding carboxylic acids is 2. The average molecular weight is 330 g/mol. The molecule has 0 aromatic carbocycles. The summed E-state index contributed by atoms with van der Waals surface area (Å²) in [6, 6.07) is 0. The van der Waals surface area contributed by atoms with Crippen molar-refractivity contribution in [3.05, 3.63) is 12.2 Å². The lowest BCUT2D eigenvalue weighted by atomic mass is 9.43. The zero-order valence-corrected chi connectivity index (χ0v) is 15.2. The van der Waals surface area contributed by atoms with Gasteiger partial charge in [-0.1, -0.05) is 26.0 Å². The third-order valence-electron chi connectivity index (χ3n) is 8.70. The van der Waals surface area contributed by atoms with Gasteiger partial charge in [-0.25, -0.2) is 0 Å². The van der Waals surface area contributed by atoms with E-state index in [0.717, 1.165) is 32.1 Å². The summed E-state index contributed by atoms with van der Waals surface area (Å²) in [7, 11) is 0. The van der Waals surface area contributed by atoms with Crippen LogP contribution in [0.2, 0.25) is 0 Å². The molecule has 1 N–H and O–H groups in total. The number of rotatable bonds is 1. The molecule has 0 spiro atoms. The molecular formula is C21H30O3. The third-order valence-corrected chi connectivity index (χ3v) is 8.70. The van der Waals surface area contributed by atoms with Gasteiger partial charge in [0, 0.05) is 24.2 Å². The Morgan fingerprint density at radius 3 is 2.54 bits per heavy atom. The van der Waals surface area contributed by atoms with E-state index in [9.17, 15) is 14.7 Å². The first-order valence-corrected chi connectivity index (χ1v) is 9.65. The van der Waals surface area contributed by atoms with Gasteiger partial charge in [0.1, 0.15) is 11.4 Å². The van der Waals surface area contributed by atoms with Crippen molar-refractivity contribution in [2.75, 3.05) is 0 Å². The summed E-state index contributed by atoms with van der Waals surface area (Å²) in [5, 5.41) is 11.2. The number of hydrogen-bond acceptors (Lipinski definition) is 3. The van der Waals surface area contributed by atoms with Crippen LogP contribution in [0.4, 0.5) is 0 Å². The Labute approximate surface area is 144 Å². The van der Waals surface area contributed by atoms with Crippen LogP contribution < -0.4 is 0 Å². The molecular weight excluding hydrogens is 300 g/mol. The minimum absolute atomic E-state index is 0.0473. The first-order chi connectivity index (χ1) is 11.2. The Morgan fingerprint density at radius 2 is 1.83 bits per heavy atom. The highest BCUT2D eigenvalue weighted by atomic mass is 16.3. The van der Waals surface area contributed by atoms with E-state index in [1.807, 2.05) is 6.08 Å². The van der Waals surface area contributed by atoms with Crippen molar-refractivity contribution < 1.29 is 14.7 Å². The molecule has 3 fully saturated rings. The quantitative estimate of drug-likeness (QED) is 0.746. The van der Waals surface area contributed by atoms with Crippen molar-refractivity contribution in [1.82, 2.24) is 0 Å². The van der Waals surface area contributed by atoms with E-state index in [1.54, 1.807) is 6.92 Å². The highest BCUT2D eigenvalue weighted by molar-refractivity contribution is 5.90. The second-order valence-electron chi connectivity index (χ2n) is 9.45. The number of allylic oxidation sites excluding steroid dienone is 1. The van der Waals surface area contributed by atoms with Crippen LogP contribution >= 0.6 is 0 Å². The van der Waals surface area contributed by atoms with Crippen molar-refractivity contribution in [2.24, 2.45) is 34.5 Å². The highest BCUT2D eigenvalue weighted by Gasteiger charge is 2.66. The number of aliphatic hydroxyl groups is 1. The molecule has 0 amide bonds. The molecule has 4 aliphatic rings. The summed E-state index contributed by atoms with van der Waals surface area (Å²) in [5.74, 6) is 1.74. The van der Waals surface area contributed by atoms with Crippen LogP contribution in [0.1, 0.15) is 65.7 Å². The van der Waals surface area contributed by atoms with Crippen LogP contribution in [-0.2, 0) is 9.59 Å². The predicted molar refractivity (Wildman–Crippen MR) is 92.3 cm³/mol. The molecule has 0 saturated heterocycles. The molecule has 24 heavy (non-hydrogen) atoms. The van der Waals surface area contributed by atoms with Crippen molar-refractivity contribution in [2.45, 2.75) is 71.3 Å². The molecule has 0 radical (unpaired) electrons. The largest absolute Gasteiger partial charge is 0.381 e. The van der Waals surface area contributed by atoms with Gasteiger partial charge < -0.3 is 5.11 Å². The van der Waals surface area contributed by atoms with Crippen molar-refractivity contribution in [3.8, 4) is 0 Å². The number of ketones is 2. The Kier molecular flexibility index (Phi) is 3.46. The summed E-state index contributed by atoms with van der Waals surface area (Å²) in [6.07, 6.45) is 10.1. The fourth-order valence-electron chi connectivity index (χ4n) is 7.29. The summed E-state index contributed by atoms with van der Waals surface area (Å²) < 4.78 is 0. The second kappa shape index (κ2) is 5.03. The molecule has 0 heterocycles. The highest BCUT2D eigenvalue weighted by Crippen LogP contribution is 2.67. The number of carbonyl (C=O) groups is 2. The predicted octanol–water partition coefficient (Wildman–Crippen LogP) is 3.69. The molecule has 4 rings (SSSR count). The summed E-state index contributed by atoms with van der Waals surface area (Å²) in [4.78, 5) is 25.1. The monoisotopic (exact) mass is 330 g/mol. The summed E-state index contributed by atoms with van der Waals surface area (Å²) in [5.41, 5.74) is -1.45. The van der Waals surface area contributed by atoms with Gasteiger partial charge in [0.2, 0.25) is 0 Å². The standard InChI is InChI=1S/C21H30O3/c1-13(22)15-6-7-16-14-12-18(23)21(24)10-5-4-9-20(21,3)17(14)8-11-19(15,16)2/h4-5,14-17,24H,6-12H2,1-3H3/t14-,15+,16-,17-,19+,20+,21-/m0/s1. The van der Waals surface area contributed by atoms with Gasteiger partial charge in [0.15, 0.2) is 5.78 Å². The van der Waals surface area contributed by atoms with Crippen molar-refractivity contribution in [1.29, 1.82) is 0 Å². The number of fused-ring (bicyclic) bond motifs is 5. The Hall–Kier alpha value is -0.960. The van der Waals surface area contributed by atoms with Gasteiger partial charge in [0.05, 0.1) is 0 Å². The van der Waals surface area contributed by atoms with Gasteiger partial charge in [0.25, 0.3) is 0 Å². The van der Waals surface area contributed by atoms with Gasteiger partial charge >= 0.3 is 0 Å². The molecule has 0 aromatic rings. The first-order valence-electron chi connectivity index (χ1n) is 9.65. The van der Waals surface area contributed by atoms with Crippen LogP contribution in [0.3, 0.4) is 0 Å². The maximum absolute atomic E-state index is 13.0. The third kappa shape index (κ3) is 1.83. The molecule has 7 atom stereocenters. The summed E-state index contributed by atoms with van der Waals surface area (Å²) >= 11 is 0. The van der Waals surface area contributed by atoms with E-state index in [-0.39, 0.29) is 22.5 Å². The number of Topliss-reactive ketones (excluding diaryl/α,β-unsaturated/α-hetero) is 2. The van der Waals surface area contributed by atoms with Gasteiger partial charge in [-0.3, -0.25) is 9.59 Å². The maximum Gasteiger partial charge on any atom is 0.165 e. The van der Waals surface area contributed by atoms with E-state index in [0.29, 0.717) is 36.4 Å².